The van der Waals surface area contributed by atoms with E-state index >= 15 is 0 Å². The highest BCUT2D eigenvalue weighted by molar-refractivity contribution is 6.03. The molecule has 7 heteroatoms. The second kappa shape index (κ2) is 6.75. The molecule has 1 aromatic heterocycles. The minimum absolute atomic E-state index is 0.267. The normalized spacial score (nSPS) is 14.0. The van der Waals surface area contributed by atoms with Crippen LogP contribution in [0.3, 0.4) is 0 Å². The van der Waals surface area contributed by atoms with Crippen LogP contribution in [0.15, 0.2) is 47.0 Å². The highest BCUT2D eigenvalue weighted by Gasteiger charge is 2.34. The molecule has 1 fully saturated rings. The van der Waals surface area contributed by atoms with Crippen molar-refractivity contribution >= 4 is 28.4 Å². The van der Waals surface area contributed by atoms with E-state index in [0.717, 1.165) is 22.9 Å². The first-order valence-corrected chi connectivity index (χ1v) is 8.87. The Hall–Kier alpha value is -3.35. The van der Waals surface area contributed by atoms with E-state index in [1.54, 1.807) is 13.8 Å². The molecule has 0 unspecified atom stereocenters. The predicted octanol–water partition coefficient (Wildman–Crippen LogP) is 3.74. The molecule has 0 atom stereocenters. The van der Waals surface area contributed by atoms with E-state index < -0.39 is 0 Å². The molecule has 1 saturated heterocycles. The van der Waals surface area contributed by atoms with Crippen molar-refractivity contribution in [2.75, 3.05) is 18.4 Å². The smallest absolute Gasteiger partial charge is 0.340 e. The summed E-state index contributed by atoms with van der Waals surface area (Å²) < 4.78 is 5.10. The van der Waals surface area contributed by atoms with Gasteiger partial charge in [-0.2, -0.15) is 0 Å². The van der Waals surface area contributed by atoms with E-state index in [-0.39, 0.29) is 11.9 Å². The Morgan fingerprint density at radius 1 is 1.04 bits per heavy atom. The van der Waals surface area contributed by atoms with Crippen LogP contribution in [-0.2, 0) is 0 Å². The molecule has 3 aromatic rings. The number of nitrogens with one attached hydrogen (secondary N) is 1. The number of fused-ring (bicyclic) bond motifs is 1. The zero-order chi connectivity index (χ0) is 19.0. The van der Waals surface area contributed by atoms with Crippen LogP contribution in [0.4, 0.5) is 10.5 Å². The molecule has 2 aromatic carbocycles. The minimum Gasteiger partial charge on any atom is -0.361 e. The first kappa shape index (κ1) is 17.1. The summed E-state index contributed by atoms with van der Waals surface area (Å²) in [7, 11) is 0. The number of amides is 3. The lowest BCUT2D eigenvalue weighted by Gasteiger charge is -2.28. The summed E-state index contributed by atoms with van der Waals surface area (Å²) in [5.41, 5.74) is 1.66. The number of aryl methyl sites for hydroxylation is 2. The van der Waals surface area contributed by atoms with Crippen LogP contribution >= 0.6 is 0 Å². The fraction of sp³-hybridized carbons (Fsp3) is 0.250. The zero-order valence-electron chi connectivity index (χ0n) is 15.2. The van der Waals surface area contributed by atoms with Gasteiger partial charge in [-0.15, -0.1) is 0 Å². The lowest BCUT2D eigenvalue weighted by atomic mass is 10.1. The first-order chi connectivity index (χ1) is 13.1. The largest absolute Gasteiger partial charge is 0.361 e. The Labute approximate surface area is 156 Å². The fourth-order valence-electron chi connectivity index (χ4n) is 3.47. The molecule has 27 heavy (non-hydrogen) atoms. The molecule has 2 heterocycles. The molecule has 1 aliphatic heterocycles. The van der Waals surface area contributed by atoms with E-state index in [0.29, 0.717) is 30.1 Å². The van der Waals surface area contributed by atoms with Gasteiger partial charge in [-0.05, 0) is 31.7 Å². The molecular formula is C20H20N4O3. The second-order valence-electron chi connectivity index (χ2n) is 6.56. The molecule has 1 N–H and O–H groups in total. The van der Waals surface area contributed by atoms with Gasteiger partial charge in [0, 0.05) is 18.5 Å². The average Bonchev–Trinajstić information content (AvgIpc) is 3.28. The number of hydrogen-bond acceptors (Lipinski definition) is 4. The molecule has 3 amide bonds. The van der Waals surface area contributed by atoms with Crippen molar-refractivity contribution in [3.05, 3.63) is 59.5 Å². The number of benzene rings is 2. The summed E-state index contributed by atoms with van der Waals surface area (Å²) in [5, 5.41) is 11.7. The van der Waals surface area contributed by atoms with E-state index in [1.807, 2.05) is 42.5 Å². The van der Waals surface area contributed by atoms with Crippen molar-refractivity contribution in [2.24, 2.45) is 0 Å². The van der Waals surface area contributed by atoms with Crippen LogP contribution in [0, 0.1) is 13.8 Å². The third-order valence-corrected chi connectivity index (χ3v) is 4.78. The van der Waals surface area contributed by atoms with Gasteiger partial charge in [0.25, 0.3) is 5.91 Å². The van der Waals surface area contributed by atoms with Gasteiger partial charge in [0.05, 0.1) is 11.4 Å². The monoisotopic (exact) mass is 364 g/mol. The summed E-state index contributed by atoms with van der Waals surface area (Å²) in [6.07, 6.45) is 0.720. The van der Waals surface area contributed by atoms with Gasteiger partial charge in [-0.25, -0.2) is 14.8 Å². The van der Waals surface area contributed by atoms with Gasteiger partial charge < -0.3 is 9.84 Å². The maximum absolute atomic E-state index is 12.9. The van der Waals surface area contributed by atoms with E-state index in [4.69, 9.17) is 4.52 Å². The van der Waals surface area contributed by atoms with Crippen molar-refractivity contribution in [1.29, 1.82) is 0 Å². The Kier molecular flexibility index (Phi) is 4.27. The van der Waals surface area contributed by atoms with Gasteiger partial charge in [0.15, 0.2) is 0 Å². The van der Waals surface area contributed by atoms with Crippen LogP contribution in [0.25, 0.3) is 10.8 Å². The molecule has 0 aliphatic carbocycles. The SMILES string of the molecule is Cc1noc(C)c1C(=O)N1CCCN1C(=O)Nc1cccc2ccccc12. The van der Waals surface area contributed by atoms with E-state index in [1.165, 1.54) is 10.0 Å². The first-order valence-electron chi connectivity index (χ1n) is 8.87. The van der Waals surface area contributed by atoms with Crippen molar-refractivity contribution in [2.45, 2.75) is 20.3 Å². The number of hydrazine groups is 1. The average molecular weight is 364 g/mol. The van der Waals surface area contributed by atoms with E-state index in [2.05, 4.69) is 10.5 Å². The van der Waals surface area contributed by atoms with Crippen molar-refractivity contribution in [3.8, 4) is 0 Å². The Morgan fingerprint density at radius 3 is 2.56 bits per heavy atom. The summed E-state index contributed by atoms with van der Waals surface area (Å²) in [6, 6.07) is 13.3. The van der Waals surface area contributed by atoms with Gasteiger partial charge in [0.2, 0.25) is 0 Å². The molecule has 0 radical (unpaired) electrons. The molecule has 4 rings (SSSR count). The molecular weight excluding hydrogens is 344 g/mol. The Morgan fingerprint density at radius 2 is 1.78 bits per heavy atom. The number of urea groups is 1. The number of carbonyl (C=O) groups excluding carboxylic acids is 2. The third-order valence-electron chi connectivity index (χ3n) is 4.78. The topological polar surface area (TPSA) is 78.7 Å². The second-order valence-corrected chi connectivity index (χ2v) is 6.56. The molecule has 1 aliphatic rings. The minimum atomic E-state index is -0.330. The highest BCUT2D eigenvalue weighted by Crippen LogP contribution is 2.25. The van der Waals surface area contributed by atoms with Crippen molar-refractivity contribution < 1.29 is 14.1 Å². The number of anilines is 1. The number of carbonyl (C=O) groups is 2. The zero-order valence-corrected chi connectivity index (χ0v) is 15.2. The Balaban J connectivity index is 1.58. The maximum Gasteiger partial charge on any atom is 0.340 e. The maximum atomic E-state index is 12.9. The van der Waals surface area contributed by atoms with Gasteiger partial charge in [-0.3, -0.25) is 4.79 Å². The molecule has 0 saturated carbocycles. The predicted molar refractivity (Wildman–Crippen MR) is 101 cm³/mol. The molecule has 7 nitrogen and oxygen atoms in total. The third kappa shape index (κ3) is 3.01. The van der Waals surface area contributed by atoms with Gasteiger partial charge in [0.1, 0.15) is 11.3 Å². The van der Waals surface area contributed by atoms with Crippen LogP contribution in [0.5, 0.6) is 0 Å². The number of aromatic nitrogens is 1. The van der Waals surface area contributed by atoms with Crippen molar-refractivity contribution in [3.63, 3.8) is 0 Å². The van der Waals surface area contributed by atoms with E-state index in [9.17, 15) is 9.59 Å². The van der Waals surface area contributed by atoms with Crippen LogP contribution in [0.1, 0.15) is 28.2 Å². The van der Waals surface area contributed by atoms with Gasteiger partial charge in [-0.1, -0.05) is 41.6 Å². The summed E-state index contributed by atoms with van der Waals surface area (Å²) in [6.45, 7) is 4.38. The van der Waals surface area contributed by atoms with Crippen LogP contribution in [0.2, 0.25) is 0 Å². The summed E-state index contributed by atoms with van der Waals surface area (Å²) >= 11 is 0. The molecule has 0 bridgehead atoms. The van der Waals surface area contributed by atoms with Crippen LogP contribution < -0.4 is 5.32 Å². The molecule has 138 valence electrons. The van der Waals surface area contributed by atoms with Crippen LogP contribution in [-0.4, -0.2) is 40.2 Å². The summed E-state index contributed by atoms with van der Waals surface area (Å²) in [4.78, 5) is 25.8. The quantitative estimate of drug-likeness (QED) is 0.751. The Bertz CT molecular complexity index is 1000. The fourth-order valence-corrected chi connectivity index (χ4v) is 3.47. The summed E-state index contributed by atoms with van der Waals surface area (Å²) in [5.74, 6) is 0.190. The van der Waals surface area contributed by atoms with Gasteiger partial charge >= 0.3 is 6.03 Å². The highest BCUT2D eigenvalue weighted by atomic mass is 16.5. The lowest BCUT2D eigenvalue weighted by molar-refractivity contribution is 0.0402. The lowest BCUT2D eigenvalue weighted by Crippen LogP contribution is -2.47. The van der Waals surface area contributed by atoms with Crippen molar-refractivity contribution in [1.82, 2.24) is 15.2 Å². The number of rotatable bonds is 2. The standard InChI is InChI=1S/C20H20N4O3/c1-13-18(14(2)27-22-13)19(25)23-11-6-12-24(23)20(26)21-17-10-5-8-15-7-3-4-9-16(15)17/h3-5,7-10H,6,11-12H2,1-2H3,(H,21,26). The number of hydrogen-bond donors (Lipinski definition) is 1. The molecule has 0 spiro atoms. The number of nitrogens with zero attached hydrogens (tertiary/aromatic N) is 3.